The molecule has 0 fully saturated rings. The molecule has 6 nitrogen and oxygen atoms in total. The minimum atomic E-state index is -0.790. The van der Waals surface area contributed by atoms with E-state index in [0.717, 1.165) is 16.5 Å². The van der Waals surface area contributed by atoms with Crippen LogP contribution in [0.5, 0.6) is 0 Å². The standard InChI is InChI=1S/C18H18N2O4/c1-2-23-18(22)15(20-17(21)16-8-5-9-24-16)10-12-11-19-14-7-4-3-6-13(12)14/h3-9,11,15,19H,2,10H2,1H3,(H,20,21)/t15-/m1/s1. The quantitative estimate of drug-likeness (QED) is 0.682. The molecule has 0 aliphatic rings. The number of furan rings is 1. The number of nitrogens with one attached hydrogen (secondary N) is 2. The van der Waals surface area contributed by atoms with E-state index in [-0.39, 0.29) is 12.4 Å². The number of hydrogen-bond acceptors (Lipinski definition) is 4. The molecule has 2 N–H and O–H groups in total. The molecule has 0 bridgehead atoms. The number of H-pyrrole nitrogens is 1. The van der Waals surface area contributed by atoms with Gasteiger partial charge < -0.3 is 19.5 Å². The lowest BCUT2D eigenvalue weighted by molar-refractivity contribution is -0.145. The normalized spacial score (nSPS) is 12.0. The maximum absolute atomic E-state index is 12.2. The summed E-state index contributed by atoms with van der Waals surface area (Å²) in [5, 5.41) is 3.70. The molecule has 0 unspecified atom stereocenters. The second kappa shape index (κ2) is 7.04. The molecule has 0 aliphatic carbocycles. The van der Waals surface area contributed by atoms with E-state index in [4.69, 9.17) is 9.15 Å². The van der Waals surface area contributed by atoms with Crippen molar-refractivity contribution in [2.24, 2.45) is 0 Å². The Morgan fingerprint density at radius 3 is 2.83 bits per heavy atom. The second-order valence-electron chi connectivity index (χ2n) is 5.32. The highest BCUT2D eigenvalue weighted by atomic mass is 16.5. The molecule has 1 aromatic carbocycles. The van der Waals surface area contributed by atoms with Gasteiger partial charge in [0.1, 0.15) is 6.04 Å². The number of ether oxygens (including phenoxy) is 1. The third-order valence-electron chi connectivity index (χ3n) is 3.72. The summed E-state index contributed by atoms with van der Waals surface area (Å²) in [4.78, 5) is 27.6. The van der Waals surface area contributed by atoms with Crippen LogP contribution in [0, 0.1) is 0 Å². The van der Waals surface area contributed by atoms with Crippen molar-refractivity contribution in [3.05, 3.63) is 60.2 Å². The van der Waals surface area contributed by atoms with Gasteiger partial charge >= 0.3 is 5.97 Å². The smallest absolute Gasteiger partial charge is 0.328 e. The van der Waals surface area contributed by atoms with Crippen LogP contribution in [0.2, 0.25) is 0 Å². The van der Waals surface area contributed by atoms with Gasteiger partial charge in [-0.1, -0.05) is 18.2 Å². The Kier molecular flexibility index (Phi) is 4.65. The Hall–Kier alpha value is -3.02. The van der Waals surface area contributed by atoms with Gasteiger partial charge in [-0.25, -0.2) is 4.79 Å². The van der Waals surface area contributed by atoms with E-state index in [2.05, 4.69) is 10.3 Å². The largest absolute Gasteiger partial charge is 0.464 e. The average molecular weight is 326 g/mol. The van der Waals surface area contributed by atoms with Crippen molar-refractivity contribution in [3.8, 4) is 0 Å². The summed E-state index contributed by atoms with van der Waals surface area (Å²) in [6.07, 6.45) is 3.58. The van der Waals surface area contributed by atoms with E-state index in [1.54, 1.807) is 19.1 Å². The van der Waals surface area contributed by atoms with Crippen LogP contribution in [0.3, 0.4) is 0 Å². The Morgan fingerprint density at radius 2 is 2.08 bits per heavy atom. The summed E-state index contributed by atoms with van der Waals surface area (Å²) in [7, 11) is 0. The van der Waals surface area contributed by atoms with Gasteiger partial charge in [0.05, 0.1) is 12.9 Å². The summed E-state index contributed by atoms with van der Waals surface area (Å²) < 4.78 is 10.2. The Morgan fingerprint density at radius 1 is 1.25 bits per heavy atom. The number of amides is 1. The molecule has 0 saturated heterocycles. The van der Waals surface area contributed by atoms with Gasteiger partial charge in [-0.2, -0.15) is 0 Å². The van der Waals surface area contributed by atoms with Crippen molar-refractivity contribution in [3.63, 3.8) is 0 Å². The summed E-state index contributed by atoms with van der Waals surface area (Å²) in [5.41, 5.74) is 1.91. The summed E-state index contributed by atoms with van der Waals surface area (Å²) in [5.74, 6) is -0.760. The van der Waals surface area contributed by atoms with Crippen LogP contribution >= 0.6 is 0 Å². The molecular weight excluding hydrogens is 308 g/mol. The fraction of sp³-hybridized carbons (Fsp3) is 0.222. The Balaban J connectivity index is 1.82. The number of benzene rings is 1. The van der Waals surface area contributed by atoms with Crippen LogP contribution in [0.25, 0.3) is 10.9 Å². The number of hydrogen-bond donors (Lipinski definition) is 2. The molecule has 24 heavy (non-hydrogen) atoms. The van der Waals surface area contributed by atoms with E-state index >= 15 is 0 Å². The van der Waals surface area contributed by atoms with E-state index in [0.29, 0.717) is 6.42 Å². The monoisotopic (exact) mass is 326 g/mol. The Labute approximate surface area is 138 Å². The first-order valence-corrected chi connectivity index (χ1v) is 7.75. The second-order valence-corrected chi connectivity index (χ2v) is 5.32. The number of carbonyl (C=O) groups excluding carboxylic acids is 2. The first kappa shape index (κ1) is 15.9. The zero-order valence-electron chi connectivity index (χ0n) is 13.2. The van der Waals surface area contributed by atoms with Crippen molar-refractivity contribution in [1.82, 2.24) is 10.3 Å². The highest BCUT2D eigenvalue weighted by Gasteiger charge is 2.25. The molecule has 1 atom stereocenters. The number of esters is 1. The molecule has 6 heteroatoms. The number of carbonyl (C=O) groups is 2. The lowest BCUT2D eigenvalue weighted by Crippen LogP contribution is -2.43. The number of fused-ring (bicyclic) bond motifs is 1. The van der Waals surface area contributed by atoms with E-state index in [1.165, 1.54) is 6.26 Å². The van der Waals surface area contributed by atoms with Gasteiger partial charge in [0.2, 0.25) is 0 Å². The van der Waals surface area contributed by atoms with Crippen LogP contribution < -0.4 is 5.32 Å². The fourth-order valence-electron chi connectivity index (χ4n) is 2.59. The van der Waals surface area contributed by atoms with Gasteiger partial charge in [0, 0.05) is 23.5 Å². The molecule has 124 valence electrons. The van der Waals surface area contributed by atoms with Crippen molar-refractivity contribution < 1.29 is 18.7 Å². The first-order chi connectivity index (χ1) is 11.7. The Bertz CT molecular complexity index is 836. The van der Waals surface area contributed by atoms with Crippen LogP contribution in [0.15, 0.2) is 53.3 Å². The van der Waals surface area contributed by atoms with Crippen LogP contribution in [-0.4, -0.2) is 29.5 Å². The SMILES string of the molecule is CCOC(=O)[C@@H](Cc1c[nH]c2ccccc12)NC(=O)c1ccco1. The highest BCUT2D eigenvalue weighted by Crippen LogP contribution is 2.19. The molecule has 3 rings (SSSR count). The summed E-state index contributed by atoms with van der Waals surface area (Å²) in [6.45, 7) is 1.98. The minimum Gasteiger partial charge on any atom is -0.464 e. The molecule has 0 radical (unpaired) electrons. The third kappa shape index (κ3) is 3.32. The maximum Gasteiger partial charge on any atom is 0.328 e. The third-order valence-corrected chi connectivity index (χ3v) is 3.72. The van der Waals surface area contributed by atoms with Crippen LogP contribution in [-0.2, 0) is 16.0 Å². The fourth-order valence-corrected chi connectivity index (χ4v) is 2.59. The number of para-hydroxylation sites is 1. The van der Waals surface area contributed by atoms with Crippen LogP contribution in [0.1, 0.15) is 23.0 Å². The molecule has 2 aromatic heterocycles. The molecule has 1 amide bonds. The lowest BCUT2D eigenvalue weighted by Gasteiger charge is -2.16. The summed E-state index contributed by atoms with van der Waals surface area (Å²) >= 11 is 0. The first-order valence-electron chi connectivity index (χ1n) is 7.75. The van der Waals surface area contributed by atoms with E-state index in [9.17, 15) is 9.59 Å². The van der Waals surface area contributed by atoms with Crippen molar-refractivity contribution >= 4 is 22.8 Å². The van der Waals surface area contributed by atoms with Crippen molar-refractivity contribution in [2.75, 3.05) is 6.61 Å². The van der Waals surface area contributed by atoms with Gasteiger partial charge in [-0.05, 0) is 30.7 Å². The zero-order chi connectivity index (χ0) is 16.9. The minimum absolute atomic E-state index is 0.156. The van der Waals surface area contributed by atoms with Gasteiger partial charge in [-0.15, -0.1) is 0 Å². The lowest BCUT2D eigenvalue weighted by atomic mass is 10.0. The number of aromatic amines is 1. The molecule has 0 saturated carbocycles. The summed E-state index contributed by atoms with van der Waals surface area (Å²) in [6, 6.07) is 10.2. The topological polar surface area (TPSA) is 84.3 Å². The predicted octanol–water partition coefficient (Wildman–Crippen LogP) is 2.67. The van der Waals surface area contributed by atoms with Crippen molar-refractivity contribution in [1.29, 1.82) is 0 Å². The van der Waals surface area contributed by atoms with E-state index < -0.39 is 17.9 Å². The highest BCUT2D eigenvalue weighted by molar-refractivity contribution is 5.95. The van der Waals surface area contributed by atoms with Gasteiger partial charge in [0.15, 0.2) is 5.76 Å². The predicted molar refractivity (Wildman–Crippen MR) is 88.6 cm³/mol. The van der Waals surface area contributed by atoms with Crippen molar-refractivity contribution in [2.45, 2.75) is 19.4 Å². The van der Waals surface area contributed by atoms with Crippen LogP contribution in [0.4, 0.5) is 0 Å². The average Bonchev–Trinajstić information content (AvgIpc) is 3.24. The number of rotatable bonds is 6. The van der Waals surface area contributed by atoms with Gasteiger partial charge in [0.25, 0.3) is 5.91 Å². The van der Waals surface area contributed by atoms with E-state index in [1.807, 2.05) is 30.5 Å². The molecular formula is C18H18N2O4. The zero-order valence-corrected chi connectivity index (χ0v) is 13.2. The molecule has 3 aromatic rings. The molecule has 0 aliphatic heterocycles. The van der Waals surface area contributed by atoms with Gasteiger partial charge in [-0.3, -0.25) is 4.79 Å². The molecule has 2 heterocycles. The molecule has 0 spiro atoms. The number of aromatic nitrogens is 1. The maximum atomic E-state index is 12.2.